The number of ether oxygens (including phenoxy) is 1. The molecule has 1 aliphatic rings. The van der Waals surface area contributed by atoms with E-state index in [0.29, 0.717) is 0 Å². The topological polar surface area (TPSA) is 364 Å². The van der Waals surface area contributed by atoms with Gasteiger partial charge in [-0.2, -0.15) is 4.98 Å². The molecule has 1 aromatic rings. The molecule has 1 saturated heterocycles. The number of aromatic nitrogens is 2. The van der Waals surface area contributed by atoms with Gasteiger partial charge in [0.05, 0.1) is 13.2 Å². The van der Waals surface area contributed by atoms with Gasteiger partial charge in [-0.15, -0.1) is 0 Å². The Kier molecular flexibility index (Phi) is 18.4. The van der Waals surface area contributed by atoms with Crippen LogP contribution in [0.2, 0.25) is 0 Å². The Morgan fingerprint density at radius 1 is 0.912 bits per heavy atom. The first-order chi connectivity index (χ1) is 14.5. The number of rotatable bonds is 3. The van der Waals surface area contributed by atoms with Crippen molar-refractivity contribution in [2.45, 2.75) is 31.0 Å². The van der Waals surface area contributed by atoms with Crippen molar-refractivity contribution in [1.82, 2.24) is 9.55 Å². The summed E-state index contributed by atoms with van der Waals surface area (Å²) in [6.45, 7) is -0.371. The quantitative estimate of drug-likeness (QED) is 0.117. The van der Waals surface area contributed by atoms with Crippen molar-refractivity contribution in [2.24, 2.45) is 0 Å². The van der Waals surface area contributed by atoms with E-state index < -0.39 is 60.2 Å². The largest absolute Gasteiger partial charge is 2.00 e. The van der Waals surface area contributed by atoms with Gasteiger partial charge in [-0.3, -0.25) is 4.57 Å². The van der Waals surface area contributed by atoms with Crippen molar-refractivity contribution in [2.75, 3.05) is 12.3 Å². The second kappa shape index (κ2) is 16.4. The first kappa shape index (κ1) is 38.2. The van der Waals surface area contributed by atoms with E-state index in [1.54, 1.807) is 0 Å². The monoisotopic (exact) mass is 577 g/mol. The average molecular weight is 578 g/mol. The summed E-state index contributed by atoms with van der Waals surface area (Å²) in [7, 11) is -13.9. The molecule has 20 nitrogen and oxygen atoms in total. The predicted molar refractivity (Wildman–Crippen MR) is 111 cm³/mol. The second-order valence-corrected chi connectivity index (χ2v) is 8.78. The van der Waals surface area contributed by atoms with Crippen LogP contribution >= 0.6 is 23.5 Å². The smallest absolute Gasteiger partial charge is 1.00 e. The third-order valence-corrected chi connectivity index (χ3v) is 2.91. The number of nitrogens with zero attached hydrogens (tertiary/aromatic N) is 2. The van der Waals surface area contributed by atoms with Crippen molar-refractivity contribution in [3.8, 4) is 0 Å². The molecule has 0 amide bonds. The number of aliphatic hydroxyl groups excluding tert-OH is 3. The summed E-state index contributed by atoms with van der Waals surface area (Å²) in [6.07, 6.45) is -2.52. The van der Waals surface area contributed by atoms with E-state index in [-0.39, 0.29) is 38.3 Å². The minimum absolute atomic E-state index is 0. The van der Waals surface area contributed by atoms with Crippen LogP contribution in [0, 0.1) is 0 Å². The maximum Gasteiger partial charge on any atom is 2.00 e. The Balaban J connectivity index is -0.000000149. The first-order valence-electron chi connectivity index (χ1n) is 7.83. The van der Waals surface area contributed by atoms with Crippen LogP contribution in [-0.4, -0.2) is 123 Å². The fourth-order valence-corrected chi connectivity index (χ4v) is 1.90. The summed E-state index contributed by atoms with van der Waals surface area (Å²) < 4.78 is 33.1. The zero-order valence-corrected chi connectivity index (χ0v) is 20.9. The summed E-state index contributed by atoms with van der Waals surface area (Å²) in [5, 5.41) is 28.2. The molecule has 24 heteroatoms. The van der Waals surface area contributed by atoms with Crippen molar-refractivity contribution in [1.29, 1.82) is 0 Å². The van der Waals surface area contributed by atoms with Crippen LogP contribution in [0.15, 0.2) is 17.1 Å². The average Bonchev–Trinajstić information content (AvgIpc) is 2.80. The van der Waals surface area contributed by atoms with Gasteiger partial charge in [0, 0.05) is 6.20 Å². The van der Waals surface area contributed by atoms with E-state index in [1.165, 1.54) is 16.8 Å². The molecule has 0 saturated carbocycles. The van der Waals surface area contributed by atoms with Crippen LogP contribution in [-0.2, 0) is 25.0 Å². The summed E-state index contributed by atoms with van der Waals surface area (Å²) in [5.41, 5.74) is 4.79. The van der Waals surface area contributed by atoms with Gasteiger partial charge < -0.3 is 72.7 Å². The number of nitrogen functional groups attached to an aromatic ring is 1. The van der Waals surface area contributed by atoms with Crippen LogP contribution in [0.4, 0.5) is 5.82 Å². The van der Waals surface area contributed by atoms with Crippen molar-refractivity contribution >= 4 is 52.3 Å². The van der Waals surface area contributed by atoms with Crippen LogP contribution in [0.5, 0.6) is 0 Å². The fourth-order valence-electron chi connectivity index (χ4n) is 1.90. The Hall–Kier alpha value is -0.384. The predicted octanol–water partition coefficient (Wildman–Crippen LogP) is -5.63. The summed E-state index contributed by atoms with van der Waals surface area (Å²) in [4.78, 5) is 79.7. The molecule has 0 aromatic carbocycles. The van der Waals surface area contributed by atoms with Gasteiger partial charge >= 0.3 is 52.2 Å². The molecule has 4 atom stereocenters. The van der Waals surface area contributed by atoms with Crippen LogP contribution < -0.4 is 11.4 Å². The number of phosphoric acid groups is 3. The molecule has 2 rings (SSSR count). The number of anilines is 1. The number of aliphatic hydroxyl groups is 3. The maximum atomic E-state index is 11.5. The molecule has 0 unspecified atom stereocenters. The Labute approximate surface area is 208 Å². The van der Waals surface area contributed by atoms with E-state index in [9.17, 15) is 15.0 Å². The van der Waals surface area contributed by atoms with Gasteiger partial charge in [0.25, 0.3) is 0 Å². The van der Waals surface area contributed by atoms with Crippen molar-refractivity contribution in [3.63, 3.8) is 0 Å². The first-order valence-corrected chi connectivity index (χ1v) is 12.5. The SMILES string of the molecule is Nc1ccn(C[C@@H]2O[C@H](CO)[C@@H](O)[C@H]2O)c(=O)n1.O=P(O)(O)O.O=P(O)(O)O.O=P(O)(O)O.[H-].[H-].[Mg+2]. The van der Waals surface area contributed by atoms with E-state index in [2.05, 4.69) is 4.98 Å². The molecule has 1 aliphatic heterocycles. The fraction of sp³-hybridized carbons (Fsp3) is 0.600. The van der Waals surface area contributed by atoms with Gasteiger partial charge in [-0.25, -0.2) is 18.5 Å². The molecule has 0 radical (unpaired) electrons. The Morgan fingerprint density at radius 3 is 1.56 bits per heavy atom. The number of nitrogens with two attached hydrogens (primary N) is 1. The second-order valence-electron chi connectivity index (χ2n) is 5.70. The molecular weight excluding hydrogens is 551 g/mol. The molecule has 0 aliphatic carbocycles. The Morgan fingerprint density at radius 2 is 1.26 bits per heavy atom. The number of hydrogen-bond donors (Lipinski definition) is 13. The van der Waals surface area contributed by atoms with Crippen LogP contribution in [0.3, 0.4) is 0 Å². The minimum Gasteiger partial charge on any atom is -1.00 e. The summed E-state index contributed by atoms with van der Waals surface area (Å²) >= 11 is 0. The van der Waals surface area contributed by atoms with E-state index in [0.717, 1.165) is 0 Å². The molecule has 0 bridgehead atoms. The number of hydrogen-bond acceptors (Lipinski definition) is 10. The maximum absolute atomic E-state index is 11.5. The minimum atomic E-state index is -4.64. The molecule has 1 fully saturated rings. The molecule has 34 heavy (non-hydrogen) atoms. The van der Waals surface area contributed by atoms with Gasteiger partial charge in [0.15, 0.2) is 0 Å². The zero-order chi connectivity index (χ0) is 26.8. The molecule has 14 N–H and O–H groups in total. The summed E-state index contributed by atoms with van der Waals surface area (Å²) in [5.74, 6) is 0.109. The van der Waals surface area contributed by atoms with E-state index >= 15 is 0 Å². The summed E-state index contributed by atoms with van der Waals surface area (Å²) in [6, 6.07) is 1.45. The third-order valence-electron chi connectivity index (χ3n) is 2.91. The molecule has 0 spiro atoms. The van der Waals surface area contributed by atoms with Crippen molar-refractivity contribution in [3.05, 3.63) is 22.7 Å². The van der Waals surface area contributed by atoms with E-state index in [1.807, 2.05) is 0 Å². The third kappa shape index (κ3) is 24.7. The van der Waals surface area contributed by atoms with Gasteiger partial charge in [0.1, 0.15) is 30.2 Å². The van der Waals surface area contributed by atoms with Crippen LogP contribution in [0.1, 0.15) is 2.85 Å². The zero-order valence-electron chi connectivity index (χ0n) is 18.8. The van der Waals surface area contributed by atoms with Crippen molar-refractivity contribution < 1.29 is 80.6 Å². The molecular formula is C10H26MgN3O17P3. The van der Waals surface area contributed by atoms with E-state index in [4.69, 9.17) is 73.3 Å². The van der Waals surface area contributed by atoms with Crippen LogP contribution in [0.25, 0.3) is 0 Å². The normalized spacial score (nSPS) is 22.0. The van der Waals surface area contributed by atoms with Gasteiger partial charge in [0.2, 0.25) is 0 Å². The molecule has 200 valence electrons. The molecule has 1 aromatic heterocycles. The van der Waals surface area contributed by atoms with Gasteiger partial charge in [-0.1, -0.05) is 0 Å². The Bertz CT molecular complexity index is 853. The molecule has 2 heterocycles. The standard InChI is InChI=1S/C10H15N3O5.Mg.3H3O4P.2H/c11-7-1-2-13(10(17)12-7)3-5-8(15)9(16)6(4-14)18-5;;3*1-5(2,3)4;;/h1-2,5-6,8-9,14-16H,3-4H2,(H2,11,12,17);;3*(H3,1,2,3,4);;/q;+2;;;;2*-1/t5-,6+,8-,9+;;;;;;/m0....../s1. The van der Waals surface area contributed by atoms with Gasteiger partial charge in [-0.05, 0) is 6.07 Å².